The fourth-order valence-corrected chi connectivity index (χ4v) is 3.26. The summed E-state index contributed by atoms with van der Waals surface area (Å²) in [5.41, 5.74) is 1.29. The van der Waals surface area contributed by atoms with Crippen molar-refractivity contribution in [2.24, 2.45) is 0 Å². The minimum atomic E-state index is -4.38. The molecule has 0 atom stereocenters. The zero-order valence-corrected chi connectivity index (χ0v) is 17.7. The number of anilines is 1. The molecule has 0 aliphatic heterocycles. The van der Waals surface area contributed by atoms with Crippen LogP contribution in [0, 0.1) is 0 Å². The van der Waals surface area contributed by atoms with Gasteiger partial charge in [-0.15, -0.1) is 0 Å². The second-order valence-corrected chi connectivity index (χ2v) is 7.04. The molecule has 1 heterocycles. The van der Waals surface area contributed by atoms with E-state index in [0.29, 0.717) is 29.3 Å². The molecule has 0 spiro atoms. The highest BCUT2D eigenvalue weighted by atomic mass is 19.4. The monoisotopic (exact) mass is 444 g/mol. The van der Waals surface area contributed by atoms with E-state index in [-0.39, 0.29) is 18.9 Å². The Labute approximate surface area is 184 Å². The summed E-state index contributed by atoms with van der Waals surface area (Å²) in [6.07, 6.45) is -2.37. The van der Waals surface area contributed by atoms with Gasteiger partial charge in [-0.1, -0.05) is 30.3 Å². The Morgan fingerprint density at radius 3 is 2.28 bits per heavy atom. The molecule has 32 heavy (non-hydrogen) atoms. The smallest absolute Gasteiger partial charge is 0.416 e. The first-order valence-electron chi connectivity index (χ1n) is 9.90. The molecule has 0 aliphatic rings. The molecule has 0 saturated heterocycles. The largest absolute Gasteiger partial charge is 0.496 e. The molecular weight excluding hydrogens is 421 g/mol. The Hall–Kier alpha value is -3.55. The first kappa shape index (κ1) is 23.1. The number of nitrogens with zero attached hydrogens (tertiary/aromatic N) is 2. The number of halogens is 3. The van der Waals surface area contributed by atoms with E-state index in [2.05, 4.69) is 4.98 Å². The maximum Gasteiger partial charge on any atom is 0.416 e. The van der Waals surface area contributed by atoms with Crippen LogP contribution in [0.2, 0.25) is 0 Å². The number of rotatable bonds is 8. The number of alkyl halides is 3. The van der Waals surface area contributed by atoms with Crippen molar-refractivity contribution in [1.29, 1.82) is 0 Å². The number of ether oxygens (including phenoxy) is 2. The van der Waals surface area contributed by atoms with Crippen molar-refractivity contribution in [3.05, 3.63) is 83.6 Å². The van der Waals surface area contributed by atoms with Gasteiger partial charge in [0.15, 0.2) is 0 Å². The molecule has 0 N–H and O–H groups in total. The summed E-state index contributed by atoms with van der Waals surface area (Å²) in [6, 6.07) is 15.6. The highest BCUT2D eigenvalue weighted by Crippen LogP contribution is 2.29. The topological polar surface area (TPSA) is 51.7 Å². The van der Waals surface area contributed by atoms with Crippen LogP contribution in [0.25, 0.3) is 0 Å². The lowest BCUT2D eigenvalue weighted by Gasteiger charge is -2.23. The van der Waals surface area contributed by atoms with Crippen LogP contribution >= 0.6 is 0 Å². The predicted molar refractivity (Wildman–Crippen MR) is 115 cm³/mol. The average Bonchev–Trinajstić information content (AvgIpc) is 2.79. The fourth-order valence-electron chi connectivity index (χ4n) is 3.26. The second kappa shape index (κ2) is 10.2. The van der Waals surface area contributed by atoms with E-state index in [0.717, 1.165) is 17.7 Å². The lowest BCUT2D eigenvalue weighted by atomic mass is 10.1. The van der Waals surface area contributed by atoms with Gasteiger partial charge in [-0.2, -0.15) is 13.2 Å². The van der Waals surface area contributed by atoms with E-state index in [1.54, 1.807) is 30.2 Å². The molecule has 0 fully saturated rings. The lowest BCUT2D eigenvalue weighted by molar-refractivity contribution is -0.137. The minimum absolute atomic E-state index is 0.100. The van der Waals surface area contributed by atoms with Crippen molar-refractivity contribution in [1.82, 2.24) is 4.98 Å². The van der Waals surface area contributed by atoms with Crippen LogP contribution < -0.4 is 14.4 Å². The summed E-state index contributed by atoms with van der Waals surface area (Å²) < 4.78 is 48.9. The van der Waals surface area contributed by atoms with Crippen molar-refractivity contribution in [2.45, 2.75) is 19.0 Å². The number of aromatic nitrogens is 1. The van der Waals surface area contributed by atoms with Crippen LogP contribution in [0.4, 0.5) is 18.9 Å². The van der Waals surface area contributed by atoms with Crippen LogP contribution in [0.5, 0.6) is 11.6 Å². The van der Waals surface area contributed by atoms with Crippen molar-refractivity contribution >= 4 is 11.6 Å². The number of hydrogen-bond donors (Lipinski definition) is 0. The van der Waals surface area contributed by atoms with Gasteiger partial charge in [-0.05, 0) is 36.2 Å². The third kappa shape index (κ3) is 5.78. The van der Waals surface area contributed by atoms with E-state index in [1.807, 2.05) is 18.2 Å². The summed E-state index contributed by atoms with van der Waals surface area (Å²) in [6.45, 7) is 0.271. The van der Waals surface area contributed by atoms with Gasteiger partial charge in [-0.25, -0.2) is 4.98 Å². The van der Waals surface area contributed by atoms with E-state index in [9.17, 15) is 18.0 Å². The van der Waals surface area contributed by atoms with Gasteiger partial charge in [-0.3, -0.25) is 4.79 Å². The van der Waals surface area contributed by atoms with Gasteiger partial charge in [0.2, 0.25) is 11.8 Å². The van der Waals surface area contributed by atoms with Crippen LogP contribution in [-0.2, 0) is 23.8 Å². The Balaban J connectivity index is 1.81. The van der Waals surface area contributed by atoms with E-state index >= 15 is 0 Å². The number of pyridine rings is 1. The molecule has 0 bridgehead atoms. The van der Waals surface area contributed by atoms with Gasteiger partial charge in [0.1, 0.15) is 5.75 Å². The number of methoxy groups -OCH3 is 2. The van der Waals surface area contributed by atoms with Crippen molar-refractivity contribution < 1.29 is 27.4 Å². The molecule has 0 aliphatic carbocycles. The summed E-state index contributed by atoms with van der Waals surface area (Å²) in [4.78, 5) is 18.9. The summed E-state index contributed by atoms with van der Waals surface area (Å²) in [5, 5.41) is 0. The zero-order chi connectivity index (χ0) is 23.1. The van der Waals surface area contributed by atoms with Crippen LogP contribution in [0.3, 0.4) is 0 Å². The Bertz CT molecular complexity index is 1040. The van der Waals surface area contributed by atoms with Crippen molar-refractivity contribution in [3.63, 3.8) is 0 Å². The van der Waals surface area contributed by atoms with Crippen LogP contribution in [-0.4, -0.2) is 31.7 Å². The quantitative estimate of drug-likeness (QED) is 0.494. The second-order valence-electron chi connectivity index (χ2n) is 7.04. The zero-order valence-electron chi connectivity index (χ0n) is 17.7. The molecular formula is C24H23F3N2O3. The number of amides is 1. The summed E-state index contributed by atoms with van der Waals surface area (Å²) >= 11 is 0. The highest BCUT2D eigenvalue weighted by Gasteiger charge is 2.30. The molecule has 1 amide bonds. The standard InChI is InChI=1S/C24H23F3N2O3/c1-31-21-6-4-3-5-18(21)15-23(30)29(20-11-12-22(32-2)28-16-20)14-13-17-7-9-19(10-8-17)24(25,26)27/h3-12,16H,13-15H2,1-2H3. The van der Waals surface area contributed by atoms with Crippen molar-refractivity contribution in [2.75, 3.05) is 25.7 Å². The Morgan fingerprint density at radius 2 is 1.69 bits per heavy atom. The highest BCUT2D eigenvalue weighted by molar-refractivity contribution is 5.95. The normalized spacial score (nSPS) is 11.2. The molecule has 168 valence electrons. The van der Waals surface area contributed by atoms with E-state index in [4.69, 9.17) is 9.47 Å². The van der Waals surface area contributed by atoms with Gasteiger partial charge in [0.05, 0.1) is 38.1 Å². The third-order valence-electron chi connectivity index (χ3n) is 4.98. The van der Waals surface area contributed by atoms with Crippen LogP contribution in [0.15, 0.2) is 66.9 Å². The first-order valence-corrected chi connectivity index (χ1v) is 9.90. The van der Waals surface area contributed by atoms with Crippen molar-refractivity contribution in [3.8, 4) is 11.6 Å². The number of benzene rings is 2. The molecule has 5 nitrogen and oxygen atoms in total. The fraction of sp³-hybridized carbons (Fsp3) is 0.250. The Morgan fingerprint density at radius 1 is 0.969 bits per heavy atom. The number of carbonyl (C=O) groups is 1. The maximum absolute atomic E-state index is 13.2. The molecule has 8 heteroatoms. The third-order valence-corrected chi connectivity index (χ3v) is 4.98. The van der Waals surface area contributed by atoms with Gasteiger partial charge in [0, 0.05) is 18.2 Å². The number of hydrogen-bond acceptors (Lipinski definition) is 4. The molecule has 3 rings (SSSR count). The number of carbonyl (C=O) groups excluding carboxylic acids is 1. The molecule has 2 aromatic carbocycles. The molecule has 0 unspecified atom stereocenters. The minimum Gasteiger partial charge on any atom is -0.496 e. The van der Waals surface area contributed by atoms with Gasteiger partial charge in [0.25, 0.3) is 0 Å². The SMILES string of the molecule is COc1ccc(N(CCc2ccc(C(F)(F)F)cc2)C(=O)Cc2ccccc2OC)cn1. The number of para-hydroxylation sites is 1. The average molecular weight is 444 g/mol. The summed E-state index contributed by atoms with van der Waals surface area (Å²) in [7, 11) is 3.04. The lowest BCUT2D eigenvalue weighted by Crippen LogP contribution is -2.34. The predicted octanol–water partition coefficient (Wildman–Crippen LogP) is 4.94. The molecule has 0 saturated carbocycles. The summed E-state index contributed by atoms with van der Waals surface area (Å²) in [5.74, 6) is 0.832. The van der Waals surface area contributed by atoms with E-state index < -0.39 is 11.7 Å². The molecule has 0 radical (unpaired) electrons. The van der Waals surface area contributed by atoms with E-state index in [1.165, 1.54) is 25.4 Å². The van der Waals surface area contributed by atoms with Crippen LogP contribution in [0.1, 0.15) is 16.7 Å². The first-order chi connectivity index (χ1) is 15.3. The Kier molecular flexibility index (Phi) is 7.35. The molecule has 1 aromatic heterocycles. The van der Waals surface area contributed by atoms with Gasteiger partial charge < -0.3 is 14.4 Å². The maximum atomic E-state index is 13.2. The van der Waals surface area contributed by atoms with Gasteiger partial charge >= 0.3 is 6.18 Å². The molecule has 3 aromatic rings.